The average molecular weight is 271 g/mol. The molecular formula is C15H11ClN2O. The highest BCUT2D eigenvalue weighted by atomic mass is 35.5. The molecule has 0 unspecified atom stereocenters. The molecule has 1 heterocycles. The van der Waals surface area contributed by atoms with Gasteiger partial charge in [0.05, 0.1) is 5.69 Å². The van der Waals surface area contributed by atoms with E-state index in [0.29, 0.717) is 10.6 Å². The summed E-state index contributed by atoms with van der Waals surface area (Å²) in [5, 5.41) is 4.42. The topological polar surface area (TPSA) is 44.9 Å². The van der Waals surface area contributed by atoms with Crippen LogP contribution in [0, 0.1) is 0 Å². The van der Waals surface area contributed by atoms with E-state index in [1.54, 1.807) is 18.3 Å². The Hall–Kier alpha value is -2.26. The maximum absolute atomic E-state index is 12.1. The quantitative estimate of drug-likeness (QED) is 0.724. The van der Waals surface area contributed by atoms with Gasteiger partial charge in [0, 0.05) is 27.7 Å². The molecule has 0 aliphatic carbocycles. The van der Waals surface area contributed by atoms with Crippen molar-refractivity contribution in [3.8, 4) is 0 Å². The molecule has 0 saturated heterocycles. The molecule has 1 aromatic heterocycles. The Bertz CT molecular complexity index is 734. The van der Waals surface area contributed by atoms with Crippen molar-refractivity contribution < 1.29 is 4.79 Å². The lowest BCUT2D eigenvalue weighted by Gasteiger charge is -2.03. The highest BCUT2D eigenvalue weighted by molar-refractivity contribution is 6.31. The van der Waals surface area contributed by atoms with E-state index in [1.807, 2.05) is 36.4 Å². The van der Waals surface area contributed by atoms with Gasteiger partial charge >= 0.3 is 0 Å². The zero-order valence-corrected chi connectivity index (χ0v) is 10.7. The highest BCUT2D eigenvalue weighted by Crippen LogP contribution is 2.26. The van der Waals surface area contributed by atoms with Gasteiger partial charge < -0.3 is 10.3 Å². The lowest BCUT2D eigenvalue weighted by molar-refractivity contribution is 0.102. The molecule has 0 bridgehead atoms. The van der Waals surface area contributed by atoms with Crippen molar-refractivity contribution in [1.82, 2.24) is 4.98 Å². The first-order valence-corrected chi connectivity index (χ1v) is 6.25. The number of H-pyrrole nitrogens is 1. The van der Waals surface area contributed by atoms with Crippen molar-refractivity contribution in [3.05, 3.63) is 65.3 Å². The minimum atomic E-state index is -0.138. The third kappa shape index (κ3) is 2.33. The number of anilines is 1. The molecule has 3 aromatic rings. The normalized spacial score (nSPS) is 10.6. The Morgan fingerprint density at radius 2 is 1.89 bits per heavy atom. The monoisotopic (exact) mass is 270 g/mol. The largest absolute Gasteiger partial charge is 0.359 e. The van der Waals surface area contributed by atoms with Crippen LogP contribution >= 0.6 is 11.6 Å². The fourth-order valence-corrected chi connectivity index (χ4v) is 2.15. The zero-order valence-electron chi connectivity index (χ0n) is 9.98. The number of hydrogen-bond donors (Lipinski definition) is 2. The van der Waals surface area contributed by atoms with E-state index in [1.165, 1.54) is 0 Å². The number of hydrogen-bond acceptors (Lipinski definition) is 1. The van der Waals surface area contributed by atoms with Crippen LogP contribution in [0.15, 0.2) is 54.7 Å². The third-order valence-corrected chi connectivity index (χ3v) is 3.16. The number of benzene rings is 2. The number of aromatic amines is 1. The summed E-state index contributed by atoms with van der Waals surface area (Å²) in [6.07, 6.45) is 1.77. The van der Waals surface area contributed by atoms with Crippen molar-refractivity contribution in [1.29, 1.82) is 0 Å². The first-order valence-electron chi connectivity index (χ1n) is 5.87. The maximum atomic E-state index is 12.1. The maximum Gasteiger partial charge on any atom is 0.255 e. The van der Waals surface area contributed by atoms with Crippen LogP contribution in [0.1, 0.15) is 10.4 Å². The zero-order chi connectivity index (χ0) is 13.2. The van der Waals surface area contributed by atoms with Crippen LogP contribution in [0.4, 0.5) is 5.69 Å². The molecule has 2 N–H and O–H groups in total. The molecule has 0 fully saturated rings. The molecule has 19 heavy (non-hydrogen) atoms. The SMILES string of the molecule is O=C(Nc1c[nH]c2ccc(Cl)cc12)c1ccccc1. The summed E-state index contributed by atoms with van der Waals surface area (Å²) in [5.41, 5.74) is 2.29. The number of carbonyl (C=O) groups is 1. The van der Waals surface area contributed by atoms with Crippen molar-refractivity contribution in [2.45, 2.75) is 0 Å². The third-order valence-electron chi connectivity index (χ3n) is 2.93. The summed E-state index contributed by atoms with van der Waals surface area (Å²) in [6, 6.07) is 14.6. The van der Waals surface area contributed by atoms with E-state index < -0.39 is 0 Å². The summed E-state index contributed by atoms with van der Waals surface area (Å²) in [4.78, 5) is 15.2. The van der Waals surface area contributed by atoms with E-state index in [0.717, 1.165) is 16.6 Å². The van der Waals surface area contributed by atoms with Gasteiger partial charge in [0.2, 0.25) is 0 Å². The molecule has 0 saturated carbocycles. The van der Waals surface area contributed by atoms with E-state index in [2.05, 4.69) is 10.3 Å². The molecule has 4 heteroatoms. The Morgan fingerprint density at radius 1 is 1.11 bits per heavy atom. The van der Waals surface area contributed by atoms with E-state index in [4.69, 9.17) is 11.6 Å². The minimum absolute atomic E-state index is 0.138. The fourth-order valence-electron chi connectivity index (χ4n) is 1.98. The molecule has 94 valence electrons. The minimum Gasteiger partial charge on any atom is -0.359 e. The van der Waals surface area contributed by atoms with E-state index >= 15 is 0 Å². The van der Waals surface area contributed by atoms with Gasteiger partial charge in [-0.15, -0.1) is 0 Å². The van der Waals surface area contributed by atoms with Crippen molar-refractivity contribution >= 4 is 34.1 Å². The molecule has 0 atom stereocenters. The first kappa shape index (κ1) is 11.8. The molecule has 0 radical (unpaired) electrons. The van der Waals surface area contributed by atoms with E-state index in [-0.39, 0.29) is 5.91 Å². The fraction of sp³-hybridized carbons (Fsp3) is 0. The molecule has 3 rings (SSSR count). The van der Waals surface area contributed by atoms with Gasteiger partial charge in [0.25, 0.3) is 5.91 Å². The van der Waals surface area contributed by atoms with Gasteiger partial charge in [-0.2, -0.15) is 0 Å². The van der Waals surface area contributed by atoms with E-state index in [9.17, 15) is 4.79 Å². The number of nitrogens with one attached hydrogen (secondary N) is 2. The smallest absolute Gasteiger partial charge is 0.255 e. The summed E-state index contributed by atoms with van der Waals surface area (Å²) in [7, 11) is 0. The summed E-state index contributed by atoms with van der Waals surface area (Å²) in [5.74, 6) is -0.138. The lowest BCUT2D eigenvalue weighted by Crippen LogP contribution is -2.11. The predicted molar refractivity (Wildman–Crippen MR) is 77.7 cm³/mol. The van der Waals surface area contributed by atoms with Crippen molar-refractivity contribution in [2.24, 2.45) is 0 Å². The standard InChI is InChI=1S/C15H11ClN2O/c16-11-6-7-13-12(8-11)14(9-17-13)18-15(19)10-4-2-1-3-5-10/h1-9,17H,(H,18,19). The van der Waals surface area contributed by atoms with Crippen LogP contribution in [0.5, 0.6) is 0 Å². The Balaban J connectivity index is 1.94. The van der Waals surface area contributed by atoms with Crippen molar-refractivity contribution in [3.63, 3.8) is 0 Å². The molecule has 1 amide bonds. The molecule has 2 aromatic carbocycles. The van der Waals surface area contributed by atoms with Crippen LogP contribution in [0.3, 0.4) is 0 Å². The van der Waals surface area contributed by atoms with Gasteiger partial charge in [0.1, 0.15) is 0 Å². The van der Waals surface area contributed by atoms with Gasteiger partial charge in [-0.1, -0.05) is 29.8 Å². The summed E-state index contributed by atoms with van der Waals surface area (Å²) >= 11 is 5.97. The second-order valence-corrected chi connectivity index (χ2v) is 4.65. The second kappa shape index (κ2) is 4.78. The van der Waals surface area contributed by atoms with Gasteiger partial charge in [-0.3, -0.25) is 4.79 Å². The molecule has 3 nitrogen and oxygen atoms in total. The Kier molecular flexibility index (Phi) is 2.97. The average Bonchev–Trinajstić information content (AvgIpc) is 2.82. The summed E-state index contributed by atoms with van der Waals surface area (Å²) in [6.45, 7) is 0. The van der Waals surface area contributed by atoms with Gasteiger partial charge in [-0.25, -0.2) is 0 Å². The van der Waals surface area contributed by atoms with Gasteiger partial charge in [0.15, 0.2) is 0 Å². The number of amides is 1. The van der Waals surface area contributed by atoms with Crippen LogP contribution in [-0.4, -0.2) is 10.9 Å². The van der Waals surface area contributed by atoms with Gasteiger partial charge in [-0.05, 0) is 30.3 Å². The van der Waals surface area contributed by atoms with Crippen LogP contribution in [0.2, 0.25) is 5.02 Å². The first-order chi connectivity index (χ1) is 9.24. The predicted octanol–water partition coefficient (Wildman–Crippen LogP) is 4.07. The molecular weight excluding hydrogens is 260 g/mol. The number of carbonyl (C=O) groups excluding carboxylic acids is 1. The number of fused-ring (bicyclic) bond motifs is 1. The van der Waals surface area contributed by atoms with Crippen LogP contribution < -0.4 is 5.32 Å². The van der Waals surface area contributed by atoms with Crippen LogP contribution in [0.25, 0.3) is 10.9 Å². The Morgan fingerprint density at radius 3 is 2.68 bits per heavy atom. The number of aromatic nitrogens is 1. The molecule has 0 spiro atoms. The summed E-state index contributed by atoms with van der Waals surface area (Å²) < 4.78 is 0. The molecule has 0 aliphatic heterocycles. The lowest BCUT2D eigenvalue weighted by atomic mass is 10.2. The Labute approximate surface area is 115 Å². The van der Waals surface area contributed by atoms with Crippen LogP contribution in [-0.2, 0) is 0 Å². The molecule has 0 aliphatic rings. The highest BCUT2D eigenvalue weighted by Gasteiger charge is 2.09. The second-order valence-electron chi connectivity index (χ2n) is 4.21. The van der Waals surface area contributed by atoms with Crippen molar-refractivity contribution in [2.75, 3.05) is 5.32 Å². The number of rotatable bonds is 2. The number of halogens is 1.